The molecule has 0 unspecified atom stereocenters. The highest BCUT2D eigenvalue weighted by atomic mass is 35.5. The molecule has 3 nitrogen and oxygen atoms in total. The number of halogens is 2. The Morgan fingerprint density at radius 3 is 2.42 bits per heavy atom. The maximum Gasteiger partial charge on any atom is 0.307 e. The summed E-state index contributed by atoms with van der Waals surface area (Å²) in [5.41, 5.74) is 1.92. The highest BCUT2D eigenvalue weighted by Gasteiger charge is 2.13. The van der Waals surface area contributed by atoms with Crippen molar-refractivity contribution in [1.82, 2.24) is 0 Å². The van der Waals surface area contributed by atoms with Crippen LogP contribution in [0.3, 0.4) is 0 Å². The van der Waals surface area contributed by atoms with Crippen LogP contribution in [0.4, 0.5) is 11.4 Å². The van der Waals surface area contributed by atoms with Gasteiger partial charge in [-0.1, -0.05) is 41.4 Å². The number of carboxylic acid groups (broad SMARTS) is 1. The lowest BCUT2D eigenvalue weighted by Crippen LogP contribution is -2.03. The Balaban J connectivity index is 2.34. The molecule has 0 spiro atoms. The van der Waals surface area contributed by atoms with E-state index in [-0.39, 0.29) is 6.42 Å². The second-order valence-electron chi connectivity index (χ2n) is 3.95. The maximum atomic E-state index is 10.8. The summed E-state index contributed by atoms with van der Waals surface area (Å²) in [5.74, 6) is -0.972. The van der Waals surface area contributed by atoms with Crippen LogP contribution in [-0.2, 0) is 11.2 Å². The van der Waals surface area contributed by atoms with Gasteiger partial charge < -0.3 is 10.4 Å². The van der Waals surface area contributed by atoms with Crippen molar-refractivity contribution in [3.05, 3.63) is 58.1 Å². The molecule has 0 saturated heterocycles. The van der Waals surface area contributed by atoms with Gasteiger partial charge in [0, 0.05) is 16.3 Å². The third kappa shape index (κ3) is 3.40. The number of nitrogens with one attached hydrogen (secondary N) is 1. The zero-order valence-electron chi connectivity index (χ0n) is 9.86. The number of rotatable bonds is 4. The molecule has 0 radical (unpaired) electrons. The third-order valence-corrected chi connectivity index (χ3v) is 3.35. The van der Waals surface area contributed by atoms with Crippen molar-refractivity contribution in [3.8, 4) is 0 Å². The van der Waals surface area contributed by atoms with Crippen LogP contribution in [0.25, 0.3) is 0 Å². The molecule has 0 bridgehead atoms. The SMILES string of the molecule is O=C(O)Cc1c(Cl)ccc(Nc2ccccc2)c1Cl. The molecule has 2 aromatic carbocycles. The maximum absolute atomic E-state index is 10.8. The van der Waals surface area contributed by atoms with E-state index in [1.807, 2.05) is 30.3 Å². The highest BCUT2D eigenvalue weighted by Crippen LogP contribution is 2.33. The minimum Gasteiger partial charge on any atom is -0.481 e. The Bertz CT molecular complexity index is 600. The van der Waals surface area contributed by atoms with Crippen molar-refractivity contribution < 1.29 is 9.90 Å². The summed E-state index contributed by atoms with van der Waals surface area (Å²) in [6, 6.07) is 12.8. The molecular formula is C14H11Cl2NO2. The van der Waals surface area contributed by atoms with Crippen LogP contribution in [0.1, 0.15) is 5.56 Å². The zero-order valence-corrected chi connectivity index (χ0v) is 11.4. The molecule has 98 valence electrons. The fraction of sp³-hybridized carbons (Fsp3) is 0.0714. The summed E-state index contributed by atoms with van der Waals surface area (Å²) in [4.78, 5) is 10.8. The van der Waals surface area contributed by atoms with E-state index >= 15 is 0 Å². The molecule has 19 heavy (non-hydrogen) atoms. The van der Waals surface area contributed by atoms with E-state index in [4.69, 9.17) is 28.3 Å². The topological polar surface area (TPSA) is 49.3 Å². The fourth-order valence-electron chi connectivity index (χ4n) is 1.68. The average molecular weight is 296 g/mol. The zero-order chi connectivity index (χ0) is 13.8. The highest BCUT2D eigenvalue weighted by molar-refractivity contribution is 6.38. The van der Waals surface area contributed by atoms with Gasteiger partial charge in [-0.05, 0) is 24.3 Å². The summed E-state index contributed by atoms with van der Waals surface area (Å²) in [7, 11) is 0. The van der Waals surface area contributed by atoms with E-state index in [9.17, 15) is 4.79 Å². The Morgan fingerprint density at radius 1 is 1.11 bits per heavy atom. The number of aliphatic carboxylic acids is 1. The standard InChI is InChI=1S/C14H11Cl2NO2/c15-11-6-7-12(14(16)10(11)8-13(18)19)17-9-4-2-1-3-5-9/h1-7,17H,8H2,(H,18,19). The van der Waals surface area contributed by atoms with Gasteiger partial charge in [0.1, 0.15) is 0 Å². The molecule has 0 fully saturated rings. The van der Waals surface area contributed by atoms with Crippen molar-refractivity contribution >= 4 is 40.5 Å². The summed E-state index contributed by atoms with van der Waals surface area (Å²) >= 11 is 12.2. The van der Waals surface area contributed by atoms with Crippen LogP contribution in [0.2, 0.25) is 10.0 Å². The van der Waals surface area contributed by atoms with Crippen molar-refractivity contribution in [2.45, 2.75) is 6.42 Å². The molecule has 2 aromatic rings. The number of para-hydroxylation sites is 1. The van der Waals surface area contributed by atoms with Gasteiger partial charge >= 0.3 is 5.97 Å². The van der Waals surface area contributed by atoms with Gasteiger partial charge in [-0.3, -0.25) is 4.79 Å². The third-order valence-electron chi connectivity index (χ3n) is 2.57. The number of hydrogen-bond acceptors (Lipinski definition) is 2. The van der Waals surface area contributed by atoms with E-state index < -0.39 is 5.97 Å². The first-order valence-corrected chi connectivity index (χ1v) is 6.34. The molecule has 0 aliphatic carbocycles. The van der Waals surface area contributed by atoms with E-state index in [0.717, 1.165) is 5.69 Å². The smallest absolute Gasteiger partial charge is 0.307 e. The quantitative estimate of drug-likeness (QED) is 0.881. The van der Waals surface area contributed by atoms with Gasteiger partial charge in [0.25, 0.3) is 0 Å². The predicted octanol–water partition coefficient (Wildman–Crippen LogP) is 4.36. The molecular weight excluding hydrogens is 285 g/mol. The first-order valence-electron chi connectivity index (χ1n) is 5.58. The molecule has 0 amide bonds. The van der Waals surface area contributed by atoms with Gasteiger partial charge in [-0.2, -0.15) is 0 Å². The van der Waals surface area contributed by atoms with Crippen LogP contribution >= 0.6 is 23.2 Å². The van der Waals surface area contributed by atoms with E-state index in [1.54, 1.807) is 12.1 Å². The van der Waals surface area contributed by atoms with Gasteiger partial charge in [0.15, 0.2) is 0 Å². The number of hydrogen-bond donors (Lipinski definition) is 2. The second kappa shape index (κ2) is 5.95. The molecule has 0 heterocycles. The van der Waals surface area contributed by atoms with Crippen molar-refractivity contribution in [3.63, 3.8) is 0 Å². The van der Waals surface area contributed by atoms with Gasteiger partial charge in [0.2, 0.25) is 0 Å². The van der Waals surface area contributed by atoms with Gasteiger partial charge in [-0.25, -0.2) is 0 Å². The Labute approximate surface area is 120 Å². The minimum atomic E-state index is -0.972. The van der Waals surface area contributed by atoms with Crippen LogP contribution < -0.4 is 5.32 Å². The van der Waals surface area contributed by atoms with Crippen LogP contribution in [0.5, 0.6) is 0 Å². The lowest BCUT2D eigenvalue weighted by atomic mass is 10.1. The first-order chi connectivity index (χ1) is 9.08. The fourth-order valence-corrected chi connectivity index (χ4v) is 2.24. The second-order valence-corrected chi connectivity index (χ2v) is 4.73. The summed E-state index contributed by atoms with van der Waals surface area (Å²) in [6.07, 6.45) is -0.206. The van der Waals surface area contributed by atoms with Crippen molar-refractivity contribution in [2.24, 2.45) is 0 Å². The van der Waals surface area contributed by atoms with E-state index in [0.29, 0.717) is 21.3 Å². The Kier molecular flexibility index (Phi) is 4.30. The number of benzene rings is 2. The molecule has 5 heteroatoms. The van der Waals surface area contributed by atoms with Crippen LogP contribution in [0, 0.1) is 0 Å². The van der Waals surface area contributed by atoms with E-state index in [2.05, 4.69) is 5.32 Å². The largest absolute Gasteiger partial charge is 0.481 e. The molecule has 0 saturated carbocycles. The summed E-state index contributed by atoms with van der Waals surface area (Å²) < 4.78 is 0. The number of carbonyl (C=O) groups is 1. The number of anilines is 2. The lowest BCUT2D eigenvalue weighted by Gasteiger charge is -2.12. The van der Waals surface area contributed by atoms with Crippen molar-refractivity contribution in [1.29, 1.82) is 0 Å². The Hall–Kier alpha value is -1.71. The molecule has 0 atom stereocenters. The Morgan fingerprint density at radius 2 is 1.79 bits per heavy atom. The van der Waals surface area contributed by atoms with Crippen LogP contribution in [-0.4, -0.2) is 11.1 Å². The summed E-state index contributed by atoms with van der Waals surface area (Å²) in [6.45, 7) is 0. The average Bonchev–Trinajstić information content (AvgIpc) is 2.39. The molecule has 0 aliphatic rings. The van der Waals surface area contributed by atoms with Crippen molar-refractivity contribution in [2.75, 3.05) is 5.32 Å². The molecule has 2 rings (SSSR count). The minimum absolute atomic E-state index is 0.206. The summed E-state index contributed by atoms with van der Waals surface area (Å²) in [5, 5.41) is 12.7. The van der Waals surface area contributed by atoms with Crippen LogP contribution in [0.15, 0.2) is 42.5 Å². The normalized spacial score (nSPS) is 10.2. The number of carboxylic acids is 1. The monoisotopic (exact) mass is 295 g/mol. The molecule has 2 N–H and O–H groups in total. The van der Waals surface area contributed by atoms with E-state index in [1.165, 1.54) is 0 Å². The first kappa shape index (κ1) is 13.7. The molecule has 0 aromatic heterocycles. The molecule has 0 aliphatic heterocycles. The van der Waals surface area contributed by atoms with Gasteiger partial charge in [-0.15, -0.1) is 0 Å². The predicted molar refractivity (Wildman–Crippen MR) is 77.5 cm³/mol. The lowest BCUT2D eigenvalue weighted by molar-refractivity contribution is -0.136. The van der Waals surface area contributed by atoms with Gasteiger partial charge in [0.05, 0.1) is 17.1 Å².